The molecular formula is C31H24N4. The molecule has 0 saturated carbocycles. The van der Waals surface area contributed by atoms with Crippen LogP contribution >= 0.6 is 0 Å². The molecule has 4 nitrogen and oxygen atoms in total. The van der Waals surface area contributed by atoms with Crippen LogP contribution < -0.4 is 4.90 Å². The Morgan fingerprint density at radius 1 is 0.571 bits per heavy atom. The van der Waals surface area contributed by atoms with Crippen LogP contribution in [0.1, 0.15) is 25.0 Å². The van der Waals surface area contributed by atoms with Crippen molar-refractivity contribution < 1.29 is 0 Å². The van der Waals surface area contributed by atoms with Crippen LogP contribution in [0, 0.1) is 0 Å². The van der Waals surface area contributed by atoms with Gasteiger partial charge in [-0.2, -0.15) is 4.80 Å². The Kier molecular flexibility index (Phi) is 4.15. The highest BCUT2D eigenvalue weighted by atomic mass is 15.5. The van der Waals surface area contributed by atoms with Crippen molar-refractivity contribution >= 4 is 38.9 Å². The van der Waals surface area contributed by atoms with Crippen LogP contribution in [0.5, 0.6) is 0 Å². The van der Waals surface area contributed by atoms with Gasteiger partial charge in [-0.05, 0) is 41.5 Å². The zero-order chi connectivity index (χ0) is 23.6. The van der Waals surface area contributed by atoms with Gasteiger partial charge in [-0.1, -0.05) is 92.7 Å². The Balaban J connectivity index is 1.56. The minimum atomic E-state index is -0.0972. The van der Waals surface area contributed by atoms with E-state index in [2.05, 4.69) is 97.6 Å². The molecule has 0 amide bonds. The summed E-state index contributed by atoms with van der Waals surface area (Å²) in [5.41, 5.74) is 8.79. The van der Waals surface area contributed by atoms with E-state index in [1.807, 2.05) is 30.3 Å². The molecule has 6 aromatic rings. The average Bonchev–Trinajstić information content (AvgIpc) is 3.34. The normalized spacial score (nSPS) is 14.2. The predicted octanol–water partition coefficient (Wildman–Crippen LogP) is 7.68. The van der Waals surface area contributed by atoms with E-state index in [4.69, 9.17) is 10.2 Å². The van der Waals surface area contributed by atoms with Gasteiger partial charge in [0.15, 0.2) is 0 Å². The molecule has 0 fully saturated rings. The first-order valence-electron chi connectivity index (χ1n) is 12.0. The second-order valence-electron chi connectivity index (χ2n) is 9.63. The molecule has 0 bridgehead atoms. The molecule has 0 aliphatic carbocycles. The maximum absolute atomic E-state index is 4.91. The van der Waals surface area contributed by atoms with E-state index >= 15 is 0 Å². The summed E-state index contributed by atoms with van der Waals surface area (Å²) in [5.74, 6) is 0. The monoisotopic (exact) mass is 452 g/mol. The number of para-hydroxylation sites is 3. The number of fused-ring (bicyclic) bond motifs is 5. The molecule has 2 heterocycles. The fourth-order valence-electron chi connectivity index (χ4n) is 5.52. The number of nitrogens with zero attached hydrogens (tertiary/aromatic N) is 4. The summed E-state index contributed by atoms with van der Waals surface area (Å²) in [4.78, 5) is 4.14. The summed E-state index contributed by atoms with van der Waals surface area (Å²) in [7, 11) is 0. The van der Waals surface area contributed by atoms with Gasteiger partial charge in [0.25, 0.3) is 0 Å². The molecule has 0 saturated heterocycles. The lowest BCUT2D eigenvalue weighted by Crippen LogP contribution is -2.30. The number of rotatable bonds is 2. The van der Waals surface area contributed by atoms with Crippen molar-refractivity contribution in [2.24, 2.45) is 0 Å². The SMILES string of the molecule is CC1(C)c2ccccc2N(c2cc3nn(-c4ccccc4)nc3c3ccccc23)c2ccccc21. The molecule has 35 heavy (non-hydrogen) atoms. The van der Waals surface area contributed by atoms with E-state index in [0.717, 1.165) is 33.2 Å². The molecule has 0 N–H and O–H groups in total. The molecule has 4 heteroatoms. The number of aromatic nitrogens is 3. The van der Waals surface area contributed by atoms with Crippen LogP contribution in [0.2, 0.25) is 0 Å². The number of benzene rings is 5. The van der Waals surface area contributed by atoms with Crippen molar-refractivity contribution in [2.75, 3.05) is 4.90 Å². The van der Waals surface area contributed by atoms with Gasteiger partial charge in [0.05, 0.1) is 22.7 Å². The van der Waals surface area contributed by atoms with Crippen molar-refractivity contribution in [2.45, 2.75) is 19.3 Å². The quantitative estimate of drug-likeness (QED) is 0.270. The Labute approximate surface area is 204 Å². The first-order chi connectivity index (χ1) is 17.1. The molecular weight excluding hydrogens is 428 g/mol. The standard InChI is InChI=1S/C31H24N4/c1-31(2)24-16-8-10-18-27(24)34(28-19-11-9-17-25(28)31)29-20-26-30(23-15-7-6-14-22(23)29)33-35(32-26)21-12-4-3-5-13-21/h3-20H,1-2H3. The summed E-state index contributed by atoms with van der Waals surface area (Å²) in [6, 6.07) is 38.3. The first kappa shape index (κ1) is 20.0. The van der Waals surface area contributed by atoms with Crippen molar-refractivity contribution in [3.05, 3.63) is 120 Å². The third kappa shape index (κ3) is 2.86. The fraction of sp³-hybridized carbons (Fsp3) is 0.0968. The third-order valence-electron chi connectivity index (χ3n) is 7.24. The van der Waals surface area contributed by atoms with Gasteiger partial charge in [-0.15, -0.1) is 10.2 Å². The lowest BCUT2D eigenvalue weighted by atomic mass is 9.73. The van der Waals surface area contributed by atoms with Crippen LogP contribution in [-0.2, 0) is 5.41 Å². The Bertz CT molecular complexity index is 1680. The zero-order valence-corrected chi connectivity index (χ0v) is 19.7. The van der Waals surface area contributed by atoms with Gasteiger partial charge in [-0.3, -0.25) is 0 Å². The zero-order valence-electron chi connectivity index (χ0n) is 19.7. The highest BCUT2D eigenvalue weighted by molar-refractivity contribution is 6.12. The van der Waals surface area contributed by atoms with Gasteiger partial charge in [0.1, 0.15) is 11.0 Å². The molecule has 1 aliphatic rings. The molecule has 7 rings (SSSR count). The van der Waals surface area contributed by atoms with Gasteiger partial charge >= 0.3 is 0 Å². The van der Waals surface area contributed by atoms with E-state index in [1.165, 1.54) is 22.5 Å². The van der Waals surface area contributed by atoms with Gasteiger partial charge in [-0.25, -0.2) is 0 Å². The van der Waals surface area contributed by atoms with Crippen LogP contribution in [-0.4, -0.2) is 15.0 Å². The van der Waals surface area contributed by atoms with Crippen molar-refractivity contribution in [1.82, 2.24) is 15.0 Å². The molecule has 1 aromatic heterocycles. The molecule has 1 aliphatic heterocycles. The molecule has 0 atom stereocenters. The van der Waals surface area contributed by atoms with Gasteiger partial charge in [0, 0.05) is 16.2 Å². The molecule has 0 radical (unpaired) electrons. The molecule has 168 valence electrons. The average molecular weight is 453 g/mol. The molecule has 0 spiro atoms. The lowest BCUT2D eigenvalue weighted by molar-refractivity contribution is 0.632. The Hall–Kier alpha value is -4.44. The van der Waals surface area contributed by atoms with E-state index in [-0.39, 0.29) is 5.41 Å². The van der Waals surface area contributed by atoms with Crippen LogP contribution in [0.3, 0.4) is 0 Å². The van der Waals surface area contributed by atoms with Gasteiger partial charge < -0.3 is 4.90 Å². The van der Waals surface area contributed by atoms with Crippen molar-refractivity contribution in [3.8, 4) is 5.69 Å². The summed E-state index contributed by atoms with van der Waals surface area (Å²) >= 11 is 0. The van der Waals surface area contributed by atoms with Gasteiger partial charge in [0.2, 0.25) is 0 Å². The maximum atomic E-state index is 4.91. The second-order valence-corrected chi connectivity index (χ2v) is 9.63. The largest absolute Gasteiger partial charge is 0.309 e. The van der Waals surface area contributed by atoms with Crippen LogP contribution in [0.25, 0.3) is 27.5 Å². The summed E-state index contributed by atoms with van der Waals surface area (Å²) < 4.78 is 0. The lowest BCUT2D eigenvalue weighted by Gasteiger charge is -2.42. The highest BCUT2D eigenvalue weighted by Gasteiger charge is 2.37. The van der Waals surface area contributed by atoms with Crippen molar-refractivity contribution in [1.29, 1.82) is 0 Å². The minimum absolute atomic E-state index is 0.0972. The highest BCUT2D eigenvalue weighted by Crippen LogP contribution is 2.53. The fourth-order valence-corrected chi connectivity index (χ4v) is 5.52. The molecule has 0 unspecified atom stereocenters. The minimum Gasteiger partial charge on any atom is -0.309 e. The van der Waals surface area contributed by atoms with E-state index < -0.39 is 0 Å². The smallest absolute Gasteiger partial charge is 0.121 e. The van der Waals surface area contributed by atoms with E-state index in [9.17, 15) is 0 Å². The summed E-state index contributed by atoms with van der Waals surface area (Å²) in [6.07, 6.45) is 0. The topological polar surface area (TPSA) is 34.0 Å². The van der Waals surface area contributed by atoms with Crippen molar-refractivity contribution in [3.63, 3.8) is 0 Å². The summed E-state index contributed by atoms with van der Waals surface area (Å²) in [6.45, 7) is 4.63. The third-order valence-corrected chi connectivity index (χ3v) is 7.24. The van der Waals surface area contributed by atoms with Crippen LogP contribution in [0.4, 0.5) is 17.1 Å². The van der Waals surface area contributed by atoms with E-state index in [1.54, 1.807) is 4.80 Å². The maximum Gasteiger partial charge on any atom is 0.121 e. The Morgan fingerprint density at radius 3 is 1.83 bits per heavy atom. The Morgan fingerprint density at radius 2 is 1.14 bits per heavy atom. The first-order valence-corrected chi connectivity index (χ1v) is 12.0. The second kappa shape index (κ2) is 7.28. The van der Waals surface area contributed by atoms with E-state index in [0.29, 0.717) is 0 Å². The number of hydrogen-bond acceptors (Lipinski definition) is 3. The number of hydrogen-bond donors (Lipinski definition) is 0. The predicted molar refractivity (Wildman–Crippen MR) is 143 cm³/mol. The summed E-state index contributed by atoms with van der Waals surface area (Å²) in [5, 5.41) is 12.1. The number of anilines is 3. The molecule has 5 aromatic carbocycles. The van der Waals surface area contributed by atoms with Crippen LogP contribution in [0.15, 0.2) is 109 Å².